The molecule has 1 amide bonds. The lowest BCUT2D eigenvalue weighted by molar-refractivity contribution is -0.122. The quantitative estimate of drug-likeness (QED) is 0.829. The van der Waals surface area contributed by atoms with E-state index in [0.29, 0.717) is 17.5 Å². The molecule has 0 spiro atoms. The van der Waals surface area contributed by atoms with Gasteiger partial charge in [0.1, 0.15) is 11.3 Å². The number of benzene rings is 2. The molecule has 5 nitrogen and oxygen atoms in total. The Morgan fingerprint density at radius 1 is 1.19 bits per heavy atom. The Morgan fingerprint density at radius 3 is 2.62 bits per heavy atom. The van der Waals surface area contributed by atoms with Gasteiger partial charge in [-0.3, -0.25) is 4.79 Å². The van der Waals surface area contributed by atoms with Gasteiger partial charge in [-0.15, -0.1) is 0 Å². The van der Waals surface area contributed by atoms with E-state index in [9.17, 15) is 23.5 Å². The SMILES string of the molecule is COc1ccc(CNC(=O)[C@H]2C[C@H]2c2ccc(F)c(F)c2)cc1C(=O)O. The van der Waals surface area contributed by atoms with Crippen LogP contribution in [-0.4, -0.2) is 24.1 Å². The van der Waals surface area contributed by atoms with Gasteiger partial charge in [0.15, 0.2) is 11.6 Å². The Labute approximate surface area is 148 Å². The summed E-state index contributed by atoms with van der Waals surface area (Å²) in [6.45, 7) is 0.171. The molecule has 0 unspecified atom stereocenters. The second kappa shape index (κ2) is 7.11. The third-order valence-electron chi connectivity index (χ3n) is 4.46. The van der Waals surface area contributed by atoms with Crippen molar-refractivity contribution >= 4 is 11.9 Å². The first-order valence-corrected chi connectivity index (χ1v) is 8.03. The molecule has 0 bridgehead atoms. The van der Waals surface area contributed by atoms with Crippen LogP contribution in [0.3, 0.4) is 0 Å². The molecular formula is C19H17F2NO4. The van der Waals surface area contributed by atoms with E-state index in [1.54, 1.807) is 6.07 Å². The number of nitrogens with one attached hydrogen (secondary N) is 1. The molecule has 0 aromatic heterocycles. The summed E-state index contributed by atoms with van der Waals surface area (Å²) in [6.07, 6.45) is 0.569. The second-order valence-corrected chi connectivity index (χ2v) is 6.18. The van der Waals surface area contributed by atoms with Gasteiger partial charge in [0.25, 0.3) is 0 Å². The molecule has 0 aliphatic heterocycles. The Morgan fingerprint density at radius 2 is 1.96 bits per heavy atom. The average Bonchev–Trinajstić information content (AvgIpc) is 3.42. The molecule has 136 valence electrons. The van der Waals surface area contributed by atoms with Crippen LogP contribution in [0, 0.1) is 17.6 Å². The van der Waals surface area contributed by atoms with Crippen molar-refractivity contribution in [2.75, 3.05) is 7.11 Å². The van der Waals surface area contributed by atoms with E-state index in [-0.39, 0.29) is 35.6 Å². The first-order valence-electron chi connectivity index (χ1n) is 8.03. The lowest BCUT2D eigenvalue weighted by atomic mass is 10.1. The fourth-order valence-corrected chi connectivity index (χ4v) is 2.95. The highest BCUT2D eigenvalue weighted by Crippen LogP contribution is 2.47. The third-order valence-corrected chi connectivity index (χ3v) is 4.46. The summed E-state index contributed by atoms with van der Waals surface area (Å²) in [6, 6.07) is 8.32. The number of carbonyl (C=O) groups excluding carboxylic acids is 1. The molecule has 2 atom stereocenters. The van der Waals surface area contributed by atoms with Crippen LogP contribution >= 0.6 is 0 Å². The maximum absolute atomic E-state index is 13.3. The number of halogens is 2. The fraction of sp³-hybridized carbons (Fsp3) is 0.263. The number of rotatable bonds is 6. The number of methoxy groups -OCH3 is 1. The van der Waals surface area contributed by atoms with E-state index in [2.05, 4.69) is 5.32 Å². The van der Waals surface area contributed by atoms with Crippen molar-refractivity contribution in [3.8, 4) is 5.75 Å². The predicted octanol–water partition coefficient (Wildman–Crippen LogP) is 3.09. The Balaban J connectivity index is 1.61. The maximum Gasteiger partial charge on any atom is 0.339 e. The van der Waals surface area contributed by atoms with E-state index in [1.807, 2.05) is 0 Å². The molecular weight excluding hydrogens is 344 g/mol. The van der Waals surface area contributed by atoms with E-state index in [4.69, 9.17) is 4.74 Å². The number of carboxylic acids is 1. The van der Waals surface area contributed by atoms with Crippen LogP contribution in [0.4, 0.5) is 8.78 Å². The number of amides is 1. The third kappa shape index (κ3) is 3.66. The van der Waals surface area contributed by atoms with Crippen LogP contribution in [0.5, 0.6) is 5.75 Å². The molecule has 2 aromatic carbocycles. The topological polar surface area (TPSA) is 75.6 Å². The number of ether oxygens (including phenoxy) is 1. The maximum atomic E-state index is 13.3. The van der Waals surface area contributed by atoms with E-state index >= 15 is 0 Å². The minimum absolute atomic E-state index is 0.0188. The van der Waals surface area contributed by atoms with Crippen LogP contribution in [0.25, 0.3) is 0 Å². The summed E-state index contributed by atoms with van der Waals surface area (Å²) in [7, 11) is 1.38. The van der Waals surface area contributed by atoms with Gasteiger partial charge in [0, 0.05) is 12.5 Å². The van der Waals surface area contributed by atoms with Gasteiger partial charge >= 0.3 is 5.97 Å². The first-order chi connectivity index (χ1) is 12.4. The zero-order valence-corrected chi connectivity index (χ0v) is 14.0. The normalized spacial score (nSPS) is 18.3. The molecule has 1 aliphatic rings. The Kier molecular flexibility index (Phi) is 4.88. The van der Waals surface area contributed by atoms with Gasteiger partial charge in [0.2, 0.25) is 5.91 Å². The molecule has 1 fully saturated rings. The lowest BCUT2D eigenvalue weighted by Gasteiger charge is -2.09. The van der Waals surface area contributed by atoms with Crippen LogP contribution in [-0.2, 0) is 11.3 Å². The zero-order valence-electron chi connectivity index (χ0n) is 14.0. The van der Waals surface area contributed by atoms with E-state index in [1.165, 1.54) is 25.3 Å². The molecule has 1 saturated carbocycles. The molecule has 1 aliphatic carbocycles. The van der Waals surface area contributed by atoms with E-state index < -0.39 is 17.6 Å². The van der Waals surface area contributed by atoms with Crippen LogP contribution in [0.2, 0.25) is 0 Å². The number of hydrogen-bond acceptors (Lipinski definition) is 3. The lowest BCUT2D eigenvalue weighted by Crippen LogP contribution is -2.25. The summed E-state index contributed by atoms with van der Waals surface area (Å²) in [5.41, 5.74) is 1.24. The van der Waals surface area contributed by atoms with Crippen molar-refractivity contribution in [1.29, 1.82) is 0 Å². The molecule has 2 N–H and O–H groups in total. The highest BCUT2D eigenvalue weighted by molar-refractivity contribution is 5.91. The van der Waals surface area contributed by atoms with Crippen LogP contribution in [0.1, 0.15) is 33.8 Å². The molecule has 0 radical (unpaired) electrons. The summed E-state index contributed by atoms with van der Waals surface area (Å²) in [5.74, 6) is -3.33. The van der Waals surface area contributed by atoms with Crippen molar-refractivity contribution in [3.05, 3.63) is 64.7 Å². The largest absolute Gasteiger partial charge is 0.496 e. The molecule has 0 heterocycles. The van der Waals surface area contributed by atoms with Gasteiger partial charge in [-0.1, -0.05) is 12.1 Å². The fourth-order valence-electron chi connectivity index (χ4n) is 2.95. The predicted molar refractivity (Wildman–Crippen MR) is 89.0 cm³/mol. The highest BCUT2D eigenvalue weighted by Gasteiger charge is 2.44. The summed E-state index contributed by atoms with van der Waals surface area (Å²) in [5, 5.41) is 11.9. The molecule has 26 heavy (non-hydrogen) atoms. The van der Waals surface area contributed by atoms with Gasteiger partial charge in [-0.25, -0.2) is 13.6 Å². The zero-order chi connectivity index (χ0) is 18.8. The van der Waals surface area contributed by atoms with Crippen molar-refractivity contribution in [2.24, 2.45) is 5.92 Å². The minimum Gasteiger partial charge on any atom is -0.496 e. The standard InChI is InChI=1S/C19H17F2NO4/c1-26-17-5-2-10(6-14(17)19(24)25)9-22-18(23)13-8-12(13)11-3-4-15(20)16(21)7-11/h2-7,12-13H,8-9H2,1H3,(H,22,23)(H,24,25)/t12-,13-/m0/s1. The second-order valence-electron chi connectivity index (χ2n) is 6.18. The van der Waals surface area contributed by atoms with Gasteiger partial charge in [-0.05, 0) is 47.7 Å². The minimum atomic E-state index is -1.12. The summed E-state index contributed by atoms with van der Waals surface area (Å²) < 4.78 is 31.3. The number of aromatic carboxylic acids is 1. The van der Waals surface area contributed by atoms with Crippen molar-refractivity contribution in [3.63, 3.8) is 0 Å². The molecule has 3 rings (SSSR count). The van der Waals surface area contributed by atoms with Gasteiger partial charge in [0.05, 0.1) is 7.11 Å². The van der Waals surface area contributed by atoms with Gasteiger partial charge in [-0.2, -0.15) is 0 Å². The number of hydrogen-bond donors (Lipinski definition) is 2. The average molecular weight is 361 g/mol. The monoisotopic (exact) mass is 361 g/mol. The molecule has 0 saturated heterocycles. The Hall–Kier alpha value is -2.96. The smallest absolute Gasteiger partial charge is 0.339 e. The first kappa shape index (κ1) is 17.8. The number of carboxylic acid groups (broad SMARTS) is 1. The molecule has 7 heteroatoms. The van der Waals surface area contributed by atoms with Gasteiger partial charge < -0.3 is 15.2 Å². The highest BCUT2D eigenvalue weighted by atomic mass is 19.2. The summed E-state index contributed by atoms with van der Waals surface area (Å²) >= 11 is 0. The van der Waals surface area contributed by atoms with Crippen molar-refractivity contribution in [1.82, 2.24) is 5.32 Å². The van der Waals surface area contributed by atoms with Crippen molar-refractivity contribution in [2.45, 2.75) is 18.9 Å². The Bertz CT molecular complexity index is 869. The van der Waals surface area contributed by atoms with Crippen LogP contribution < -0.4 is 10.1 Å². The van der Waals surface area contributed by atoms with Crippen LogP contribution in [0.15, 0.2) is 36.4 Å². The number of carbonyl (C=O) groups is 2. The summed E-state index contributed by atoms with van der Waals surface area (Å²) in [4.78, 5) is 23.5. The van der Waals surface area contributed by atoms with Crippen molar-refractivity contribution < 1.29 is 28.2 Å². The van der Waals surface area contributed by atoms with E-state index in [0.717, 1.165) is 12.1 Å². The molecule has 2 aromatic rings.